The molecule has 2 aliphatic heterocycles. The van der Waals surface area contributed by atoms with Crippen molar-refractivity contribution in [2.45, 2.75) is 49.1 Å². The summed E-state index contributed by atoms with van der Waals surface area (Å²) in [7, 11) is -4.29. The second-order valence-corrected chi connectivity index (χ2v) is 12.0. The van der Waals surface area contributed by atoms with E-state index in [0.29, 0.717) is 56.1 Å². The Labute approximate surface area is 236 Å². The molecule has 41 heavy (non-hydrogen) atoms. The molecule has 1 aromatic carbocycles. The molecule has 0 amide bonds. The molecular weight excluding hydrogens is 559 g/mol. The Balaban J connectivity index is 1.50. The quantitative estimate of drug-likeness (QED) is 0.424. The number of β-amino-alcohol motifs (C(OH)–C–C–N with tert-alkyl or cyclic N) is 2. The van der Waals surface area contributed by atoms with Crippen molar-refractivity contribution in [3.05, 3.63) is 65.7 Å². The fourth-order valence-electron chi connectivity index (χ4n) is 5.27. The van der Waals surface area contributed by atoms with Gasteiger partial charge in [-0.05, 0) is 49.1 Å². The van der Waals surface area contributed by atoms with E-state index in [0.717, 1.165) is 31.4 Å². The number of aromatic nitrogens is 2. The summed E-state index contributed by atoms with van der Waals surface area (Å²) in [5.41, 5.74) is -0.259. The zero-order valence-corrected chi connectivity index (χ0v) is 23.1. The minimum Gasteiger partial charge on any atom is -0.389 e. The van der Waals surface area contributed by atoms with Crippen LogP contribution in [0.25, 0.3) is 11.3 Å². The van der Waals surface area contributed by atoms with Gasteiger partial charge in [-0.15, -0.1) is 0 Å². The molecule has 4 bridgehead atoms. The molecule has 1 fully saturated rings. The minimum atomic E-state index is -4.68. The number of anilines is 2. The number of sulfonamides is 1. The number of hydrogen-bond acceptors (Lipinski definition) is 8. The molecule has 2 aromatic heterocycles. The highest BCUT2D eigenvalue weighted by atomic mass is 32.2. The van der Waals surface area contributed by atoms with Gasteiger partial charge in [0.25, 0.3) is 10.0 Å². The number of aliphatic hydroxyl groups is 2. The van der Waals surface area contributed by atoms with E-state index in [1.807, 2.05) is 9.80 Å². The number of rotatable bonds is 3. The molecule has 4 heterocycles. The summed E-state index contributed by atoms with van der Waals surface area (Å²) in [4.78, 5) is 12.5. The predicted octanol–water partition coefficient (Wildman–Crippen LogP) is 3.53. The molecule has 1 saturated heterocycles. The minimum absolute atomic E-state index is 0.245. The number of hydrogen-bond donors (Lipinski definition) is 3. The van der Waals surface area contributed by atoms with Gasteiger partial charge in [0.05, 0.1) is 23.5 Å². The van der Waals surface area contributed by atoms with Gasteiger partial charge in [-0.3, -0.25) is 9.62 Å². The van der Waals surface area contributed by atoms with Gasteiger partial charge in [0, 0.05) is 38.3 Å². The number of aryl methyl sites for hydroxylation is 1. The fraction of sp³-hybridized carbons (Fsp3) is 0.429. The van der Waals surface area contributed by atoms with Gasteiger partial charge in [-0.25, -0.2) is 9.97 Å². The topological polar surface area (TPSA) is 119 Å². The summed E-state index contributed by atoms with van der Waals surface area (Å²) in [6.07, 6.45) is -3.50. The molecule has 0 aliphatic carbocycles. The normalized spacial score (nSPS) is 21.7. The Morgan fingerprint density at radius 2 is 1.66 bits per heavy atom. The Kier molecular flexibility index (Phi) is 8.50. The van der Waals surface area contributed by atoms with Crippen molar-refractivity contribution >= 4 is 21.7 Å². The number of nitrogens with zero attached hydrogens (tertiary/aromatic N) is 4. The van der Waals surface area contributed by atoms with E-state index in [9.17, 15) is 31.8 Å². The van der Waals surface area contributed by atoms with E-state index in [1.165, 1.54) is 6.07 Å². The molecule has 0 spiro atoms. The highest BCUT2D eigenvalue weighted by Gasteiger charge is 2.35. The molecule has 9 nitrogen and oxygen atoms in total. The Morgan fingerprint density at radius 1 is 0.902 bits per heavy atom. The van der Waals surface area contributed by atoms with Crippen molar-refractivity contribution in [2.24, 2.45) is 0 Å². The summed E-state index contributed by atoms with van der Waals surface area (Å²) in [6, 6.07) is 13.2. The van der Waals surface area contributed by atoms with E-state index in [4.69, 9.17) is 0 Å². The molecule has 3 aromatic rings. The summed E-state index contributed by atoms with van der Waals surface area (Å²) in [5, 5.41) is 19.5. The van der Waals surface area contributed by atoms with E-state index in [-0.39, 0.29) is 16.5 Å². The van der Waals surface area contributed by atoms with Crippen molar-refractivity contribution in [3.63, 3.8) is 0 Å². The maximum Gasteiger partial charge on any atom is 0.418 e. The lowest BCUT2D eigenvalue weighted by molar-refractivity contribution is -0.137. The molecule has 0 unspecified atom stereocenters. The zero-order valence-electron chi connectivity index (χ0n) is 22.3. The lowest BCUT2D eigenvalue weighted by Gasteiger charge is -2.27. The summed E-state index contributed by atoms with van der Waals surface area (Å²) >= 11 is 0. The molecule has 3 N–H and O–H groups in total. The molecular formula is C28H32F3N5O4S. The van der Waals surface area contributed by atoms with E-state index >= 15 is 0 Å². The third-order valence-corrected chi connectivity index (χ3v) is 8.67. The van der Waals surface area contributed by atoms with Gasteiger partial charge in [0.1, 0.15) is 11.6 Å². The largest absolute Gasteiger partial charge is 0.418 e. The van der Waals surface area contributed by atoms with Crippen molar-refractivity contribution < 1.29 is 31.8 Å². The van der Waals surface area contributed by atoms with Crippen LogP contribution in [0, 0.1) is 0 Å². The average Bonchev–Trinajstić information content (AvgIpc) is 3.25. The molecule has 5 rings (SSSR count). The van der Waals surface area contributed by atoms with Gasteiger partial charge < -0.3 is 15.1 Å². The van der Waals surface area contributed by atoms with Crippen molar-refractivity contribution in [1.29, 1.82) is 0 Å². The maximum atomic E-state index is 14.0. The zero-order chi connectivity index (χ0) is 29.2. The highest BCUT2D eigenvalue weighted by molar-refractivity contribution is 7.92. The first-order valence-electron chi connectivity index (χ1n) is 13.5. The van der Waals surface area contributed by atoms with Crippen LogP contribution < -0.4 is 9.62 Å². The van der Waals surface area contributed by atoms with Crippen LogP contribution in [-0.4, -0.2) is 78.4 Å². The first kappa shape index (κ1) is 29.2. The van der Waals surface area contributed by atoms with Crippen LogP contribution in [0.5, 0.6) is 0 Å². The molecule has 220 valence electrons. The predicted molar refractivity (Wildman–Crippen MR) is 148 cm³/mol. The van der Waals surface area contributed by atoms with Crippen LogP contribution in [0.4, 0.5) is 24.8 Å². The van der Waals surface area contributed by atoms with Crippen LogP contribution in [0.15, 0.2) is 59.6 Å². The van der Waals surface area contributed by atoms with Gasteiger partial charge >= 0.3 is 6.18 Å². The summed E-state index contributed by atoms with van der Waals surface area (Å²) < 4.78 is 70.9. The lowest BCUT2D eigenvalue weighted by Crippen LogP contribution is -2.36. The molecule has 2 aliphatic rings. The van der Waals surface area contributed by atoms with Crippen LogP contribution >= 0.6 is 0 Å². The third kappa shape index (κ3) is 6.80. The van der Waals surface area contributed by atoms with Crippen LogP contribution in [0.3, 0.4) is 0 Å². The number of pyridine rings is 2. The third-order valence-electron chi connectivity index (χ3n) is 7.42. The monoisotopic (exact) mass is 591 g/mol. The maximum absolute atomic E-state index is 14.0. The molecule has 13 heteroatoms. The van der Waals surface area contributed by atoms with Gasteiger partial charge in [-0.2, -0.15) is 21.6 Å². The number of nitrogens with one attached hydrogen (secondary N) is 1. The second-order valence-electron chi connectivity index (χ2n) is 10.4. The van der Waals surface area contributed by atoms with Crippen molar-refractivity contribution in [3.8, 4) is 11.3 Å². The van der Waals surface area contributed by atoms with E-state index in [1.54, 1.807) is 36.4 Å². The first-order valence-corrected chi connectivity index (χ1v) is 15.0. The van der Waals surface area contributed by atoms with Crippen LogP contribution in [-0.2, 0) is 22.6 Å². The number of fused-ring (bicyclic) bond motifs is 6. The molecule has 2 atom stereocenters. The highest BCUT2D eigenvalue weighted by Crippen LogP contribution is 2.38. The number of likely N-dealkylation sites (tertiary alicyclic amines) is 1. The number of alkyl halides is 3. The molecule has 0 saturated carbocycles. The molecule has 0 radical (unpaired) electrons. The number of benzene rings is 1. The van der Waals surface area contributed by atoms with Crippen molar-refractivity contribution in [2.75, 3.05) is 42.3 Å². The van der Waals surface area contributed by atoms with Crippen LogP contribution in [0.2, 0.25) is 0 Å². The van der Waals surface area contributed by atoms with Crippen LogP contribution in [0.1, 0.15) is 30.4 Å². The lowest BCUT2D eigenvalue weighted by atomic mass is 9.96. The number of aliphatic hydroxyl groups excluding tert-OH is 2. The summed E-state index contributed by atoms with van der Waals surface area (Å²) in [6.45, 7) is 2.31. The van der Waals surface area contributed by atoms with E-state index < -0.39 is 34.0 Å². The standard InChI is InChI=1S/C28H32F3N5O4S/c29-28(30,31)21-12-13-24-32-27(21)20-9-4-3-8-19(20)7-2-1-5-14-36(16-15-35-17-22(37)23(38)18-35)25-10-6-11-26(33-25)41(39,40)34-24/h3-4,6,8-13,22-23,37-38H,1-2,5,7,14-18H2,(H,32,34)/t22-,23-/m0/s1. The Bertz CT molecular complexity index is 1480. The Morgan fingerprint density at radius 3 is 2.41 bits per heavy atom. The van der Waals surface area contributed by atoms with Crippen molar-refractivity contribution in [1.82, 2.24) is 14.9 Å². The average molecular weight is 592 g/mol. The van der Waals surface area contributed by atoms with E-state index in [2.05, 4.69) is 14.7 Å². The summed E-state index contributed by atoms with van der Waals surface area (Å²) in [5.74, 6) is 0.191. The second kappa shape index (κ2) is 11.9. The fourth-order valence-corrected chi connectivity index (χ4v) is 6.23. The van der Waals surface area contributed by atoms with Gasteiger partial charge in [-0.1, -0.05) is 36.8 Å². The van der Waals surface area contributed by atoms with Gasteiger partial charge in [0.2, 0.25) is 0 Å². The van der Waals surface area contributed by atoms with Gasteiger partial charge in [0.15, 0.2) is 5.03 Å². The number of halogens is 3. The smallest absolute Gasteiger partial charge is 0.389 e. The first-order chi connectivity index (χ1) is 19.5. The Hall–Kier alpha value is -3.26. The SMILES string of the molecule is O=S1(=O)Nc2ccc(C(F)(F)F)c(n2)-c2ccccc2CCCCCN(CCN2C[C@H](O)[C@@H](O)C2)c2cccc1n2.